The lowest BCUT2D eigenvalue weighted by molar-refractivity contribution is 0.0536. The highest BCUT2D eigenvalue weighted by Crippen LogP contribution is 2.10. The van der Waals surface area contributed by atoms with E-state index >= 15 is 0 Å². The number of amidine groups is 1. The van der Waals surface area contributed by atoms with Crippen LogP contribution in [0.5, 0.6) is 0 Å². The molecule has 6 heteroatoms. The number of nitrogens with one attached hydrogen (secondary N) is 2. The first-order chi connectivity index (χ1) is 11.7. The van der Waals surface area contributed by atoms with Crippen molar-refractivity contribution in [2.24, 2.45) is 4.99 Å². The molecule has 0 fully saturated rings. The highest BCUT2D eigenvalue weighted by atomic mass is 16.6. The first-order valence-electron chi connectivity index (χ1n) is 8.49. The van der Waals surface area contributed by atoms with Gasteiger partial charge in [0.15, 0.2) is 5.84 Å². The molecule has 0 spiro atoms. The molecule has 0 aliphatic rings. The molecule has 0 bridgehead atoms. The predicted molar refractivity (Wildman–Crippen MR) is 103 cm³/mol. The van der Waals surface area contributed by atoms with Crippen LogP contribution < -0.4 is 5.32 Å². The fourth-order valence-corrected chi connectivity index (χ4v) is 1.71. The summed E-state index contributed by atoms with van der Waals surface area (Å²) < 4.78 is 10.7. The molecule has 0 saturated heterocycles. The maximum atomic E-state index is 11.5. The van der Waals surface area contributed by atoms with Crippen molar-refractivity contribution in [3.63, 3.8) is 0 Å². The standard InChI is InChI=1S/C19H31N3O3/c1-7-10-15(14-16(11-8-2)24-9-3)17(20)21-12-13-22-18(23)25-19(4,5)6/h7,10-12,14,20H,8-9,13H2,1-6H3,(H,22,23)/b10-7-,15-14+,16-11-,20-17?,21-12?. The summed E-state index contributed by atoms with van der Waals surface area (Å²) >= 11 is 0. The monoisotopic (exact) mass is 349 g/mol. The fourth-order valence-electron chi connectivity index (χ4n) is 1.71. The highest BCUT2D eigenvalue weighted by Gasteiger charge is 2.15. The molecule has 1 amide bonds. The summed E-state index contributed by atoms with van der Waals surface area (Å²) in [7, 11) is 0. The molecule has 25 heavy (non-hydrogen) atoms. The Balaban J connectivity index is 4.84. The van der Waals surface area contributed by atoms with Gasteiger partial charge in [0.2, 0.25) is 0 Å². The van der Waals surface area contributed by atoms with Crippen LogP contribution in [-0.4, -0.2) is 36.9 Å². The number of ether oxygens (including phenoxy) is 2. The average Bonchev–Trinajstić information content (AvgIpc) is 2.49. The second kappa shape index (κ2) is 12.1. The van der Waals surface area contributed by atoms with Crippen molar-refractivity contribution >= 4 is 18.1 Å². The van der Waals surface area contributed by atoms with Gasteiger partial charge in [-0.05, 0) is 53.2 Å². The third-order valence-electron chi connectivity index (χ3n) is 2.59. The first-order valence-corrected chi connectivity index (χ1v) is 8.49. The SMILES string of the molecule is C\C=C/C(=C\C(=C\CC)OCC)C(=N)N=CCNC(=O)OC(C)(C)C. The average molecular weight is 349 g/mol. The normalized spacial score (nSPS) is 13.4. The minimum Gasteiger partial charge on any atom is -0.494 e. The zero-order valence-corrected chi connectivity index (χ0v) is 16.2. The van der Waals surface area contributed by atoms with Crippen molar-refractivity contribution in [1.82, 2.24) is 5.32 Å². The van der Waals surface area contributed by atoms with E-state index in [9.17, 15) is 4.79 Å². The molecular formula is C19H31N3O3. The number of amides is 1. The second-order valence-electron chi connectivity index (χ2n) is 6.09. The maximum absolute atomic E-state index is 11.5. The van der Waals surface area contributed by atoms with Crippen LogP contribution in [0.3, 0.4) is 0 Å². The van der Waals surface area contributed by atoms with Gasteiger partial charge in [-0.25, -0.2) is 9.79 Å². The Hall–Kier alpha value is -2.37. The lowest BCUT2D eigenvalue weighted by Gasteiger charge is -2.19. The molecule has 0 radical (unpaired) electrons. The maximum Gasteiger partial charge on any atom is 0.407 e. The lowest BCUT2D eigenvalue weighted by Crippen LogP contribution is -2.33. The van der Waals surface area contributed by atoms with Crippen LogP contribution in [0.15, 0.2) is 40.6 Å². The van der Waals surface area contributed by atoms with Gasteiger partial charge < -0.3 is 14.8 Å². The van der Waals surface area contributed by atoms with E-state index in [0.29, 0.717) is 17.9 Å². The van der Waals surface area contributed by atoms with Crippen LogP contribution in [0, 0.1) is 5.41 Å². The van der Waals surface area contributed by atoms with Crippen molar-refractivity contribution in [3.05, 3.63) is 35.6 Å². The summed E-state index contributed by atoms with van der Waals surface area (Å²) in [5, 5.41) is 10.7. The zero-order valence-electron chi connectivity index (χ0n) is 16.2. The molecule has 0 unspecified atom stereocenters. The number of carbonyl (C=O) groups excluding carboxylic acids is 1. The second-order valence-corrected chi connectivity index (χ2v) is 6.09. The van der Waals surface area contributed by atoms with Crippen LogP contribution >= 0.6 is 0 Å². The van der Waals surface area contributed by atoms with E-state index < -0.39 is 11.7 Å². The largest absolute Gasteiger partial charge is 0.494 e. The summed E-state index contributed by atoms with van der Waals surface area (Å²) in [6.07, 6.45) is 9.16. The molecule has 0 atom stereocenters. The molecule has 2 N–H and O–H groups in total. The molecule has 0 rings (SSSR count). The van der Waals surface area contributed by atoms with Gasteiger partial charge in [-0.1, -0.05) is 19.1 Å². The summed E-state index contributed by atoms with van der Waals surface area (Å²) in [5.41, 5.74) is 0.0843. The van der Waals surface area contributed by atoms with E-state index in [1.165, 1.54) is 6.21 Å². The predicted octanol–water partition coefficient (Wildman–Crippen LogP) is 4.39. The third-order valence-corrected chi connectivity index (χ3v) is 2.59. The number of alkyl carbamates (subject to hydrolysis) is 1. The van der Waals surface area contributed by atoms with E-state index in [0.717, 1.165) is 6.42 Å². The minimum atomic E-state index is -0.545. The van der Waals surface area contributed by atoms with Crippen LogP contribution in [0.4, 0.5) is 4.79 Å². The number of aliphatic imine (C=N–C) groups is 1. The number of hydrogen-bond donors (Lipinski definition) is 2. The van der Waals surface area contributed by atoms with Gasteiger partial charge >= 0.3 is 6.09 Å². The molecule has 6 nitrogen and oxygen atoms in total. The molecule has 140 valence electrons. The zero-order chi connectivity index (χ0) is 19.3. The van der Waals surface area contributed by atoms with E-state index in [4.69, 9.17) is 14.9 Å². The van der Waals surface area contributed by atoms with Gasteiger partial charge in [0.25, 0.3) is 0 Å². The molecule has 0 heterocycles. The van der Waals surface area contributed by atoms with Crippen LogP contribution in [0.2, 0.25) is 0 Å². The minimum absolute atomic E-state index is 0.0887. The number of rotatable bonds is 8. The number of nitrogens with zero attached hydrogens (tertiary/aromatic N) is 1. The van der Waals surface area contributed by atoms with Crippen LogP contribution in [0.25, 0.3) is 0 Å². The smallest absolute Gasteiger partial charge is 0.407 e. The van der Waals surface area contributed by atoms with Crippen LogP contribution in [0.1, 0.15) is 48.0 Å². The van der Waals surface area contributed by atoms with Crippen molar-refractivity contribution in [3.8, 4) is 0 Å². The van der Waals surface area contributed by atoms with Crippen molar-refractivity contribution in [2.75, 3.05) is 13.2 Å². The van der Waals surface area contributed by atoms with Gasteiger partial charge in [0, 0.05) is 11.8 Å². The number of hydrogen-bond acceptors (Lipinski definition) is 4. The Labute approximate surface area is 151 Å². The Bertz CT molecular complexity index is 553. The van der Waals surface area contributed by atoms with Gasteiger partial charge in [-0.2, -0.15) is 0 Å². The van der Waals surface area contributed by atoms with Crippen LogP contribution in [-0.2, 0) is 9.47 Å². The fraction of sp³-hybridized carbons (Fsp3) is 0.526. The van der Waals surface area contributed by atoms with Crippen molar-refractivity contribution in [1.29, 1.82) is 5.41 Å². The Kier molecular flexibility index (Phi) is 10.9. The number of allylic oxidation sites excluding steroid dienone is 3. The van der Waals surface area contributed by atoms with E-state index in [1.54, 1.807) is 32.9 Å². The Morgan fingerprint density at radius 1 is 1.28 bits per heavy atom. The quantitative estimate of drug-likeness (QED) is 0.295. The lowest BCUT2D eigenvalue weighted by atomic mass is 10.2. The highest BCUT2D eigenvalue weighted by molar-refractivity contribution is 6.03. The summed E-state index contributed by atoms with van der Waals surface area (Å²) in [6, 6.07) is 0. The van der Waals surface area contributed by atoms with E-state index in [1.807, 2.05) is 32.9 Å². The van der Waals surface area contributed by atoms with E-state index in [2.05, 4.69) is 10.3 Å². The molecule has 0 aromatic heterocycles. The van der Waals surface area contributed by atoms with Gasteiger partial charge in [0.05, 0.1) is 13.2 Å². The molecule has 0 aromatic rings. The number of carbonyl (C=O) groups is 1. The Morgan fingerprint density at radius 3 is 2.48 bits per heavy atom. The molecule has 0 saturated carbocycles. The topological polar surface area (TPSA) is 83.8 Å². The molecule has 0 aliphatic carbocycles. The third kappa shape index (κ3) is 11.8. The van der Waals surface area contributed by atoms with Crippen molar-refractivity contribution in [2.45, 2.75) is 53.6 Å². The molecular weight excluding hydrogens is 318 g/mol. The van der Waals surface area contributed by atoms with Gasteiger partial charge in [-0.3, -0.25) is 5.41 Å². The Morgan fingerprint density at radius 2 is 1.96 bits per heavy atom. The first kappa shape index (κ1) is 22.6. The van der Waals surface area contributed by atoms with E-state index in [-0.39, 0.29) is 12.4 Å². The van der Waals surface area contributed by atoms with Gasteiger partial charge in [-0.15, -0.1) is 0 Å². The summed E-state index contributed by atoms with van der Waals surface area (Å²) in [5.74, 6) is 0.802. The molecule has 0 aromatic carbocycles. The molecule has 0 aliphatic heterocycles. The summed E-state index contributed by atoms with van der Waals surface area (Å²) in [6.45, 7) is 11.9. The summed E-state index contributed by atoms with van der Waals surface area (Å²) in [4.78, 5) is 15.6. The van der Waals surface area contributed by atoms with Crippen molar-refractivity contribution < 1.29 is 14.3 Å². The van der Waals surface area contributed by atoms with Gasteiger partial charge in [0.1, 0.15) is 11.4 Å².